The van der Waals surface area contributed by atoms with Crippen LogP contribution < -0.4 is 10.4 Å². The first kappa shape index (κ1) is 24.1. The second-order valence-electron chi connectivity index (χ2n) is 8.35. The van der Waals surface area contributed by atoms with Crippen LogP contribution in [0.2, 0.25) is 0 Å². The van der Waals surface area contributed by atoms with Crippen molar-refractivity contribution in [1.82, 2.24) is 19.0 Å². The monoisotopic (exact) mass is 532 g/mol. The Labute approximate surface area is 197 Å². The summed E-state index contributed by atoms with van der Waals surface area (Å²) in [6.45, 7) is 0.521. The Morgan fingerprint density at radius 1 is 1.11 bits per heavy atom. The average Bonchev–Trinajstić information content (AvgIpc) is 3.36. The van der Waals surface area contributed by atoms with Crippen molar-refractivity contribution in [3.63, 3.8) is 0 Å². The Balaban J connectivity index is 1.76. The van der Waals surface area contributed by atoms with Gasteiger partial charge in [-0.3, -0.25) is 4.57 Å². The minimum absolute atomic E-state index is 0.128. The highest BCUT2D eigenvalue weighted by atomic mass is 32.2. The van der Waals surface area contributed by atoms with E-state index in [0.29, 0.717) is 33.7 Å². The summed E-state index contributed by atoms with van der Waals surface area (Å²) in [4.78, 5) is 13.0. The van der Waals surface area contributed by atoms with Crippen LogP contribution in [-0.4, -0.2) is 35.0 Å². The zero-order valence-corrected chi connectivity index (χ0v) is 19.1. The summed E-state index contributed by atoms with van der Waals surface area (Å²) in [7, 11) is -4.04. The molecule has 0 spiro atoms. The number of alkyl halides is 2. The van der Waals surface area contributed by atoms with Crippen LogP contribution in [0.25, 0.3) is 27.9 Å². The van der Waals surface area contributed by atoms with Gasteiger partial charge < -0.3 is 4.52 Å². The lowest BCUT2D eigenvalue weighted by Gasteiger charge is -2.18. The van der Waals surface area contributed by atoms with Crippen LogP contribution in [0.3, 0.4) is 0 Å². The molecule has 4 aromatic rings. The molecule has 3 heterocycles. The van der Waals surface area contributed by atoms with E-state index >= 15 is 4.39 Å². The van der Waals surface area contributed by atoms with Crippen molar-refractivity contribution >= 4 is 21.0 Å². The van der Waals surface area contributed by atoms with E-state index in [1.165, 1.54) is 6.92 Å². The number of nitrogens with zero attached hydrogens (tertiary/aromatic N) is 3. The van der Waals surface area contributed by atoms with Gasteiger partial charge in [-0.2, -0.15) is 8.78 Å². The maximum absolute atomic E-state index is 15.3. The van der Waals surface area contributed by atoms with Crippen LogP contribution >= 0.6 is 0 Å². The standard InChI is InChI=1S/C21H14F6N4O4S/c1-8-3-12-16(17(18(8)25)15-10(23)4-9(22)5-11(15)24)19(28-35-12)31-7-14-21(26,27)13(29-36(2,33)34)6-30(14)20(31)32/h3-5,7,13,29H,6H2,1-2H3/t13-/m1/s1. The topological polar surface area (TPSA) is 99.1 Å². The number of imidazole rings is 1. The molecule has 1 aliphatic rings. The summed E-state index contributed by atoms with van der Waals surface area (Å²) in [6.07, 6.45) is 1.34. The number of hydrogen-bond acceptors (Lipinski definition) is 5. The van der Waals surface area contributed by atoms with E-state index in [9.17, 15) is 35.2 Å². The molecule has 0 saturated carbocycles. The first-order valence-electron chi connectivity index (χ1n) is 10.1. The summed E-state index contributed by atoms with van der Waals surface area (Å²) in [6, 6.07) is -0.168. The fourth-order valence-corrected chi connectivity index (χ4v) is 5.03. The maximum atomic E-state index is 15.3. The van der Waals surface area contributed by atoms with E-state index in [0.717, 1.165) is 6.07 Å². The van der Waals surface area contributed by atoms with E-state index in [-0.39, 0.29) is 11.1 Å². The number of nitrogens with one attached hydrogen (secondary N) is 1. The van der Waals surface area contributed by atoms with Crippen molar-refractivity contribution in [3.05, 3.63) is 69.4 Å². The minimum Gasteiger partial charge on any atom is -0.354 e. The highest BCUT2D eigenvalue weighted by molar-refractivity contribution is 7.88. The largest absolute Gasteiger partial charge is 0.354 e. The molecule has 1 atom stereocenters. The van der Waals surface area contributed by atoms with Crippen LogP contribution in [0, 0.1) is 30.2 Å². The van der Waals surface area contributed by atoms with Gasteiger partial charge in [0, 0.05) is 23.9 Å². The molecule has 190 valence electrons. The molecule has 0 amide bonds. The second kappa shape index (κ2) is 7.70. The van der Waals surface area contributed by atoms with Crippen LogP contribution in [0.5, 0.6) is 0 Å². The van der Waals surface area contributed by atoms with Crippen molar-refractivity contribution in [2.45, 2.75) is 25.4 Å². The molecule has 15 heteroatoms. The number of aromatic nitrogens is 3. The number of fused-ring (bicyclic) bond motifs is 2. The molecule has 8 nitrogen and oxygen atoms in total. The molecule has 0 radical (unpaired) electrons. The van der Waals surface area contributed by atoms with Gasteiger partial charge in [-0.15, -0.1) is 0 Å². The Morgan fingerprint density at radius 3 is 2.33 bits per heavy atom. The molecule has 1 N–H and O–H groups in total. The molecular weight excluding hydrogens is 518 g/mol. The van der Waals surface area contributed by atoms with Gasteiger partial charge in [-0.25, -0.2) is 40.1 Å². The van der Waals surface area contributed by atoms with Crippen LogP contribution in [-0.2, 0) is 22.5 Å². The lowest BCUT2D eigenvalue weighted by molar-refractivity contribution is -0.0248. The first-order chi connectivity index (χ1) is 16.7. The molecular formula is C21H14F6N4O4S. The maximum Gasteiger partial charge on any atom is 0.334 e. The highest BCUT2D eigenvalue weighted by Crippen LogP contribution is 2.41. The van der Waals surface area contributed by atoms with Gasteiger partial charge in [-0.05, 0) is 18.6 Å². The Bertz CT molecular complexity index is 1720. The minimum atomic E-state index is -4.04. The number of halogens is 6. The molecule has 2 aromatic carbocycles. The second-order valence-corrected chi connectivity index (χ2v) is 10.1. The summed E-state index contributed by atoms with van der Waals surface area (Å²) in [5.74, 6) is -9.71. The van der Waals surface area contributed by atoms with E-state index < -0.39 is 85.5 Å². The third-order valence-electron chi connectivity index (χ3n) is 5.83. The third kappa shape index (κ3) is 3.52. The van der Waals surface area contributed by atoms with Crippen molar-refractivity contribution in [2.24, 2.45) is 0 Å². The summed E-state index contributed by atoms with van der Waals surface area (Å²) in [5.41, 5.74) is -4.09. The molecule has 0 aliphatic carbocycles. The third-order valence-corrected chi connectivity index (χ3v) is 6.54. The molecule has 0 fully saturated rings. The molecule has 0 bridgehead atoms. The van der Waals surface area contributed by atoms with Gasteiger partial charge >= 0.3 is 11.6 Å². The quantitative estimate of drug-likeness (QED) is 0.407. The van der Waals surface area contributed by atoms with Gasteiger partial charge in [0.1, 0.15) is 35.0 Å². The number of rotatable bonds is 4. The molecule has 0 unspecified atom stereocenters. The Hall–Kier alpha value is -3.59. The number of benzene rings is 2. The first-order valence-corrected chi connectivity index (χ1v) is 12.0. The molecule has 5 rings (SSSR count). The number of aryl methyl sites for hydroxylation is 1. The van der Waals surface area contributed by atoms with Crippen LogP contribution in [0.4, 0.5) is 26.3 Å². The van der Waals surface area contributed by atoms with E-state index in [1.54, 1.807) is 4.72 Å². The normalized spacial score (nSPS) is 17.2. The van der Waals surface area contributed by atoms with E-state index in [1.807, 2.05) is 0 Å². The van der Waals surface area contributed by atoms with Crippen LogP contribution in [0.15, 0.2) is 33.7 Å². The predicted molar refractivity (Wildman–Crippen MR) is 113 cm³/mol. The predicted octanol–water partition coefficient (Wildman–Crippen LogP) is 3.34. The molecule has 36 heavy (non-hydrogen) atoms. The van der Waals surface area contributed by atoms with Crippen LogP contribution in [0.1, 0.15) is 11.3 Å². The lowest BCUT2D eigenvalue weighted by atomic mass is 9.97. The zero-order valence-electron chi connectivity index (χ0n) is 18.2. The summed E-state index contributed by atoms with van der Waals surface area (Å²) < 4.78 is 119. The zero-order chi connectivity index (χ0) is 26.3. The smallest absolute Gasteiger partial charge is 0.334 e. The SMILES string of the molecule is Cc1cc2onc(-n3cc4n(c3=O)C[C@@H](NS(C)(=O)=O)C4(F)F)c2c(-c2c(F)cc(F)cc2F)c1F. The van der Waals surface area contributed by atoms with Gasteiger partial charge in [0.15, 0.2) is 11.4 Å². The Kier molecular flexibility index (Phi) is 5.16. The number of hydrogen-bond donors (Lipinski definition) is 1. The lowest BCUT2D eigenvalue weighted by Crippen LogP contribution is -2.44. The van der Waals surface area contributed by atoms with Crippen molar-refractivity contribution < 1.29 is 39.3 Å². The van der Waals surface area contributed by atoms with Gasteiger partial charge in [0.25, 0.3) is 0 Å². The fraction of sp³-hybridized carbons (Fsp3) is 0.238. The summed E-state index contributed by atoms with van der Waals surface area (Å²) in [5, 5.41) is 3.22. The van der Waals surface area contributed by atoms with Crippen molar-refractivity contribution in [1.29, 1.82) is 0 Å². The number of sulfonamides is 1. The summed E-state index contributed by atoms with van der Waals surface area (Å²) >= 11 is 0. The average molecular weight is 532 g/mol. The van der Waals surface area contributed by atoms with Crippen molar-refractivity contribution in [2.75, 3.05) is 6.26 Å². The molecule has 1 aliphatic heterocycles. The fourth-order valence-electron chi connectivity index (χ4n) is 4.29. The van der Waals surface area contributed by atoms with Gasteiger partial charge in [0.05, 0.1) is 23.8 Å². The van der Waals surface area contributed by atoms with Crippen molar-refractivity contribution in [3.8, 4) is 16.9 Å². The Morgan fingerprint density at radius 2 is 1.75 bits per heavy atom. The van der Waals surface area contributed by atoms with E-state index in [4.69, 9.17) is 4.52 Å². The highest BCUT2D eigenvalue weighted by Gasteiger charge is 2.52. The van der Waals surface area contributed by atoms with Gasteiger partial charge in [-0.1, -0.05) is 5.16 Å². The molecule has 2 aromatic heterocycles. The van der Waals surface area contributed by atoms with E-state index in [2.05, 4.69) is 5.16 Å². The van der Waals surface area contributed by atoms with Gasteiger partial charge in [0.2, 0.25) is 10.0 Å². The molecule has 0 saturated heterocycles.